The number of hydrogen-bond donors (Lipinski definition) is 2. The maximum absolute atomic E-state index is 15.5. The zero-order valence-electron chi connectivity index (χ0n) is 27.8. The lowest BCUT2D eigenvalue weighted by Crippen LogP contribution is -2.37. The molecule has 3 aliphatic rings. The molecule has 2 saturated heterocycles. The molecule has 3 amide bonds. The summed E-state index contributed by atoms with van der Waals surface area (Å²) in [6, 6.07) is 12.9. The Morgan fingerprint density at radius 1 is 0.980 bits per heavy atom. The Labute approximate surface area is 283 Å². The second-order valence-corrected chi connectivity index (χ2v) is 12.8. The molecule has 2 atom stereocenters. The number of pyridine rings is 1. The fraction of sp³-hybridized carbons (Fsp3) is 0.371. The average molecular weight is 667 g/mol. The summed E-state index contributed by atoms with van der Waals surface area (Å²) < 4.78 is 21.0. The molecule has 0 aliphatic carbocycles. The monoisotopic (exact) mass is 666 g/mol. The van der Waals surface area contributed by atoms with Crippen LogP contribution in [-0.2, 0) is 4.74 Å². The van der Waals surface area contributed by atoms with E-state index in [1.54, 1.807) is 30.3 Å². The highest BCUT2D eigenvalue weighted by Crippen LogP contribution is 2.31. The van der Waals surface area contributed by atoms with E-state index in [-0.39, 0.29) is 17.5 Å². The third-order valence-electron chi connectivity index (χ3n) is 9.23. The minimum absolute atomic E-state index is 0.000290. The number of anilines is 3. The van der Waals surface area contributed by atoms with Gasteiger partial charge in [-0.1, -0.05) is 0 Å². The van der Waals surface area contributed by atoms with E-state index >= 15 is 4.39 Å². The molecule has 13 nitrogen and oxygen atoms in total. The van der Waals surface area contributed by atoms with Gasteiger partial charge in [-0.15, -0.1) is 0 Å². The number of nitrogens with zero attached hydrogens (tertiary/aromatic N) is 8. The van der Waals surface area contributed by atoms with Crippen LogP contribution in [0.1, 0.15) is 28.3 Å². The summed E-state index contributed by atoms with van der Waals surface area (Å²) in [5.74, 6) is 0.431. The number of hydrazone groups is 1. The topological polar surface area (TPSA) is 131 Å². The van der Waals surface area contributed by atoms with Crippen molar-refractivity contribution in [3.05, 3.63) is 71.7 Å². The van der Waals surface area contributed by atoms with E-state index in [1.807, 2.05) is 49.5 Å². The fourth-order valence-electron chi connectivity index (χ4n) is 6.38. The Kier molecular flexibility index (Phi) is 9.06. The highest BCUT2D eigenvalue weighted by molar-refractivity contribution is 6.01. The molecular weight excluding hydrogens is 627 g/mol. The van der Waals surface area contributed by atoms with Crippen LogP contribution in [0.15, 0.2) is 59.8 Å². The molecule has 14 heteroatoms. The molecule has 1 unspecified atom stereocenters. The van der Waals surface area contributed by atoms with E-state index < -0.39 is 11.8 Å². The van der Waals surface area contributed by atoms with E-state index in [0.717, 1.165) is 18.5 Å². The predicted octanol–water partition coefficient (Wildman–Crippen LogP) is 4.10. The Morgan fingerprint density at radius 3 is 2.47 bits per heavy atom. The van der Waals surface area contributed by atoms with Crippen molar-refractivity contribution in [3.63, 3.8) is 0 Å². The van der Waals surface area contributed by atoms with Crippen molar-refractivity contribution in [2.24, 2.45) is 5.10 Å². The van der Waals surface area contributed by atoms with Gasteiger partial charge in [0.15, 0.2) is 11.6 Å². The van der Waals surface area contributed by atoms with Crippen LogP contribution >= 0.6 is 0 Å². The van der Waals surface area contributed by atoms with Crippen molar-refractivity contribution >= 4 is 46.4 Å². The summed E-state index contributed by atoms with van der Waals surface area (Å²) in [5.41, 5.74) is 3.79. The third-order valence-corrected chi connectivity index (χ3v) is 9.23. The van der Waals surface area contributed by atoms with Gasteiger partial charge in [0.05, 0.1) is 24.4 Å². The lowest BCUT2D eigenvalue weighted by molar-refractivity contribution is 0.0783. The van der Waals surface area contributed by atoms with E-state index in [4.69, 9.17) is 19.7 Å². The first-order chi connectivity index (χ1) is 23.7. The van der Waals surface area contributed by atoms with E-state index in [1.165, 1.54) is 12.1 Å². The Hall–Kier alpha value is -5.21. The molecule has 0 radical (unpaired) electrons. The lowest BCUT2D eigenvalue weighted by Gasteiger charge is -2.28. The SMILES string of the molecule is CN1CC(c2cnc3c(N4CCOCC4)nc(-c4ccc(NC(=O)Nc5ccc(C(=O)N6CC[C@@H](N(C)C)C6)cc5)c(F)c4)nc3c2)C=N1. The van der Waals surface area contributed by atoms with Crippen LogP contribution in [0.5, 0.6) is 0 Å². The number of urea groups is 1. The highest BCUT2D eigenvalue weighted by Gasteiger charge is 2.28. The maximum atomic E-state index is 15.5. The first-order valence-corrected chi connectivity index (χ1v) is 16.4. The molecule has 7 rings (SSSR count). The van der Waals surface area contributed by atoms with Crippen LogP contribution in [0, 0.1) is 5.82 Å². The molecule has 2 aromatic heterocycles. The molecule has 2 fully saturated rings. The minimum atomic E-state index is -0.635. The number of halogens is 1. The second-order valence-electron chi connectivity index (χ2n) is 12.8. The molecule has 4 aromatic rings. The van der Waals surface area contributed by atoms with Crippen molar-refractivity contribution in [3.8, 4) is 11.4 Å². The van der Waals surface area contributed by atoms with Gasteiger partial charge in [0.2, 0.25) is 0 Å². The van der Waals surface area contributed by atoms with Crippen molar-refractivity contribution < 1.29 is 18.7 Å². The zero-order valence-corrected chi connectivity index (χ0v) is 27.8. The van der Waals surface area contributed by atoms with Crippen LogP contribution < -0.4 is 15.5 Å². The maximum Gasteiger partial charge on any atom is 0.323 e. The van der Waals surface area contributed by atoms with Crippen molar-refractivity contribution in [2.45, 2.75) is 18.4 Å². The number of nitrogens with one attached hydrogen (secondary N) is 2. The van der Waals surface area contributed by atoms with E-state index in [0.29, 0.717) is 84.9 Å². The summed E-state index contributed by atoms with van der Waals surface area (Å²) in [4.78, 5) is 46.3. The standard InChI is InChI=1S/C35H39FN10O3/c1-43(2)27-10-11-46(21-27)34(47)22-4-7-26(8-5-22)39-35(48)41-29-9-6-23(16-28(29)36)32-40-30-17-24(25-19-38-44(3)20-25)18-37-31(30)33(42-32)45-12-14-49-15-13-45/h4-9,16-19,25,27H,10-15,20-21H2,1-3H3,(H2,39,41,48)/t25?,27-/m1/s1. The lowest BCUT2D eigenvalue weighted by atomic mass is 10.0. The quantitative estimate of drug-likeness (QED) is 0.299. The third kappa shape index (κ3) is 7.01. The fourth-order valence-corrected chi connectivity index (χ4v) is 6.38. The number of fused-ring (bicyclic) bond motifs is 1. The first kappa shape index (κ1) is 32.3. The number of hydrogen-bond acceptors (Lipinski definition) is 10. The van der Waals surface area contributed by atoms with Gasteiger partial charge < -0.3 is 30.1 Å². The molecule has 2 N–H and O–H groups in total. The summed E-state index contributed by atoms with van der Waals surface area (Å²) in [7, 11) is 5.96. The molecule has 3 aliphatic heterocycles. The number of aromatic nitrogens is 3. The molecule has 5 heterocycles. The number of carbonyl (C=O) groups is 2. The van der Waals surface area contributed by atoms with Crippen molar-refractivity contribution in [2.75, 3.05) is 82.6 Å². The van der Waals surface area contributed by atoms with Crippen molar-refractivity contribution in [1.82, 2.24) is 29.8 Å². The molecule has 2 aromatic carbocycles. The molecular formula is C35H39FN10O3. The van der Waals surface area contributed by atoms with Gasteiger partial charge in [-0.05, 0) is 74.6 Å². The van der Waals surface area contributed by atoms with Gasteiger partial charge in [0, 0.05) is 81.0 Å². The number of carbonyl (C=O) groups excluding carboxylic acids is 2. The number of morpholine rings is 1. The van der Waals surface area contributed by atoms with E-state index in [2.05, 4.69) is 25.5 Å². The van der Waals surface area contributed by atoms with Gasteiger partial charge in [-0.25, -0.2) is 19.2 Å². The zero-order chi connectivity index (χ0) is 34.1. The summed E-state index contributed by atoms with van der Waals surface area (Å²) >= 11 is 0. The van der Waals surface area contributed by atoms with Crippen LogP contribution in [0.4, 0.5) is 26.4 Å². The average Bonchev–Trinajstić information content (AvgIpc) is 3.79. The number of ether oxygens (including phenoxy) is 1. The number of likely N-dealkylation sites (tertiary alicyclic amines) is 1. The number of amides is 3. The largest absolute Gasteiger partial charge is 0.378 e. The molecule has 0 spiro atoms. The van der Waals surface area contributed by atoms with Crippen LogP contribution in [-0.4, -0.2) is 121 Å². The summed E-state index contributed by atoms with van der Waals surface area (Å²) in [6.45, 7) is 4.58. The Morgan fingerprint density at radius 2 is 1.78 bits per heavy atom. The van der Waals surface area contributed by atoms with Crippen LogP contribution in [0.2, 0.25) is 0 Å². The number of rotatable bonds is 7. The smallest absolute Gasteiger partial charge is 0.323 e. The predicted molar refractivity (Wildman–Crippen MR) is 187 cm³/mol. The number of benzene rings is 2. The Balaban J connectivity index is 1.06. The van der Waals surface area contributed by atoms with Gasteiger partial charge in [-0.3, -0.25) is 14.8 Å². The minimum Gasteiger partial charge on any atom is -0.378 e. The molecule has 49 heavy (non-hydrogen) atoms. The first-order valence-electron chi connectivity index (χ1n) is 16.4. The highest BCUT2D eigenvalue weighted by atomic mass is 19.1. The van der Waals surface area contributed by atoms with Gasteiger partial charge in [0.1, 0.15) is 11.3 Å². The molecule has 0 saturated carbocycles. The summed E-state index contributed by atoms with van der Waals surface area (Å²) in [5, 5.41) is 11.5. The van der Waals surface area contributed by atoms with Gasteiger partial charge in [0.25, 0.3) is 5.91 Å². The number of likely N-dealkylation sites (N-methyl/N-ethyl adjacent to an activating group) is 2. The molecule has 0 bridgehead atoms. The van der Waals surface area contributed by atoms with E-state index in [9.17, 15) is 9.59 Å². The Bertz CT molecular complexity index is 1900. The van der Waals surface area contributed by atoms with Crippen LogP contribution in [0.25, 0.3) is 22.4 Å². The van der Waals surface area contributed by atoms with Gasteiger partial charge >= 0.3 is 6.03 Å². The van der Waals surface area contributed by atoms with Gasteiger partial charge in [-0.2, -0.15) is 5.10 Å². The second kappa shape index (κ2) is 13.7. The summed E-state index contributed by atoms with van der Waals surface area (Å²) in [6.07, 6.45) is 4.68. The van der Waals surface area contributed by atoms with Crippen LogP contribution in [0.3, 0.4) is 0 Å². The normalized spacial score (nSPS) is 19.2. The van der Waals surface area contributed by atoms with Crippen molar-refractivity contribution in [1.29, 1.82) is 0 Å². The molecule has 254 valence electrons.